The monoisotopic (exact) mass is 421 g/mol. The van der Waals surface area contributed by atoms with E-state index in [1.54, 1.807) is 23.4 Å². The van der Waals surface area contributed by atoms with Crippen molar-refractivity contribution in [1.82, 2.24) is 9.13 Å². The zero-order valence-corrected chi connectivity index (χ0v) is 19.4. The SMILES string of the molecule is CCn1c(-c2ccc(OC)c(OC)c2)cc(=Nc2c(C)cc(C)cc2C)n(CC)c1=O. The van der Waals surface area contributed by atoms with Crippen molar-refractivity contribution in [3.63, 3.8) is 0 Å². The maximum atomic E-state index is 13.3. The molecule has 1 heterocycles. The molecule has 0 spiro atoms. The van der Waals surface area contributed by atoms with E-state index in [-0.39, 0.29) is 5.69 Å². The summed E-state index contributed by atoms with van der Waals surface area (Å²) in [5.41, 5.74) is 6.49. The van der Waals surface area contributed by atoms with Crippen molar-refractivity contribution in [3.8, 4) is 22.8 Å². The van der Waals surface area contributed by atoms with Crippen LogP contribution in [0.15, 0.2) is 46.2 Å². The minimum atomic E-state index is -0.0848. The van der Waals surface area contributed by atoms with Crippen LogP contribution in [0, 0.1) is 20.8 Å². The molecular weight excluding hydrogens is 390 g/mol. The van der Waals surface area contributed by atoms with Gasteiger partial charge in [0.2, 0.25) is 0 Å². The van der Waals surface area contributed by atoms with E-state index in [1.165, 1.54) is 5.56 Å². The molecule has 164 valence electrons. The van der Waals surface area contributed by atoms with Crippen LogP contribution in [0.1, 0.15) is 30.5 Å². The maximum absolute atomic E-state index is 13.3. The van der Waals surface area contributed by atoms with Gasteiger partial charge in [-0.15, -0.1) is 0 Å². The summed E-state index contributed by atoms with van der Waals surface area (Å²) < 4.78 is 14.3. The summed E-state index contributed by atoms with van der Waals surface area (Å²) >= 11 is 0. The topological polar surface area (TPSA) is 57.8 Å². The summed E-state index contributed by atoms with van der Waals surface area (Å²) in [5.74, 6) is 1.26. The van der Waals surface area contributed by atoms with E-state index in [9.17, 15) is 4.79 Å². The zero-order valence-electron chi connectivity index (χ0n) is 19.4. The molecule has 0 bridgehead atoms. The predicted octanol–water partition coefficient (Wildman–Crippen LogP) is 4.53. The third kappa shape index (κ3) is 4.29. The van der Waals surface area contributed by atoms with E-state index in [0.29, 0.717) is 30.1 Å². The van der Waals surface area contributed by atoms with Crippen LogP contribution in [-0.4, -0.2) is 23.4 Å². The van der Waals surface area contributed by atoms with E-state index in [1.807, 2.05) is 38.1 Å². The number of hydrogen-bond acceptors (Lipinski definition) is 4. The molecule has 1 aromatic heterocycles. The van der Waals surface area contributed by atoms with Crippen LogP contribution in [-0.2, 0) is 13.1 Å². The largest absolute Gasteiger partial charge is 0.493 e. The maximum Gasteiger partial charge on any atom is 0.330 e. The molecule has 0 unspecified atom stereocenters. The summed E-state index contributed by atoms with van der Waals surface area (Å²) in [6, 6.07) is 11.9. The number of ether oxygens (including phenoxy) is 2. The van der Waals surface area contributed by atoms with Crippen molar-refractivity contribution in [1.29, 1.82) is 0 Å². The van der Waals surface area contributed by atoms with Crippen molar-refractivity contribution in [2.24, 2.45) is 4.99 Å². The number of hydrogen-bond donors (Lipinski definition) is 0. The van der Waals surface area contributed by atoms with Crippen LogP contribution in [0.4, 0.5) is 5.69 Å². The minimum Gasteiger partial charge on any atom is -0.493 e. The van der Waals surface area contributed by atoms with E-state index in [0.717, 1.165) is 28.1 Å². The van der Waals surface area contributed by atoms with Gasteiger partial charge in [0, 0.05) is 24.7 Å². The Morgan fingerprint density at radius 3 is 2.00 bits per heavy atom. The minimum absolute atomic E-state index is 0.0848. The molecule has 0 aliphatic rings. The third-order valence-corrected chi connectivity index (χ3v) is 5.47. The predicted molar refractivity (Wildman–Crippen MR) is 124 cm³/mol. The molecular formula is C25H31N3O3. The van der Waals surface area contributed by atoms with Gasteiger partial charge in [-0.2, -0.15) is 0 Å². The first-order valence-electron chi connectivity index (χ1n) is 10.5. The number of nitrogens with zero attached hydrogens (tertiary/aromatic N) is 3. The Morgan fingerprint density at radius 2 is 1.45 bits per heavy atom. The molecule has 0 saturated heterocycles. The average Bonchev–Trinajstić information content (AvgIpc) is 2.75. The quantitative estimate of drug-likeness (QED) is 0.587. The number of methoxy groups -OCH3 is 2. The van der Waals surface area contributed by atoms with E-state index >= 15 is 0 Å². The lowest BCUT2D eigenvalue weighted by molar-refractivity contribution is 0.355. The molecule has 0 atom stereocenters. The Kier molecular flexibility index (Phi) is 6.68. The molecule has 6 heteroatoms. The molecule has 0 aliphatic carbocycles. The standard InChI is InChI=1S/C25H31N3O3/c1-8-27-20(19-10-11-21(30-6)22(14-19)31-7)15-23(28(9-2)25(27)29)26-24-17(4)12-16(3)13-18(24)5/h10-15H,8-9H2,1-7H3. The summed E-state index contributed by atoms with van der Waals surface area (Å²) in [4.78, 5) is 18.3. The van der Waals surface area contributed by atoms with Gasteiger partial charge in [-0.1, -0.05) is 17.7 Å². The molecule has 0 fully saturated rings. The van der Waals surface area contributed by atoms with Crippen molar-refractivity contribution >= 4 is 5.69 Å². The highest BCUT2D eigenvalue weighted by Gasteiger charge is 2.14. The number of aryl methyl sites for hydroxylation is 3. The van der Waals surface area contributed by atoms with Gasteiger partial charge in [0.15, 0.2) is 11.5 Å². The van der Waals surface area contributed by atoms with Gasteiger partial charge < -0.3 is 9.47 Å². The third-order valence-electron chi connectivity index (χ3n) is 5.47. The van der Waals surface area contributed by atoms with Crippen LogP contribution in [0.25, 0.3) is 11.3 Å². The summed E-state index contributed by atoms with van der Waals surface area (Å²) in [5, 5.41) is 0. The number of benzene rings is 2. The summed E-state index contributed by atoms with van der Waals surface area (Å²) in [7, 11) is 3.21. The van der Waals surface area contributed by atoms with Crippen molar-refractivity contribution in [3.05, 3.63) is 69.1 Å². The molecule has 0 aliphatic heterocycles. The fraction of sp³-hybridized carbons (Fsp3) is 0.360. The summed E-state index contributed by atoms with van der Waals surface area (Å²) in [6.45, 7) is 11.2. The summed E-state index contributed by atoms with van der Waals surface area (Å²) in [6.07, 6.45) is 0. The second-order valence-electron chi connectivity index (χ2n) is 7.59. The molecule has 6 nitrogen and oxygen atoms in total. The normalized spacial score (nSPS) is 11.6. The first kappa shape index (κ1) is 22.4. The highest BCUT2D eigenvalue weighted by atomic mass is 16.5. The van der Waals surface area contributed by atoms with Crippen LogP contribution >= 0.6 is 0 Å². The second-order valence-corrected chi connectivity index (χ2v) is 7.59. The Bertz CT molecular complexity index is 1210. The highest BCUT2D eigenvalue weighted by Crippen LogP contribution is 2.32. The molecule has 31 heavy (non-hydrogen) atoms. The van der Waals surface area contributed by atoms with Gasteiger partial charge in [-0.05, 0) is 63.9 Å². The Labute approximate surface area is 183 Å². The highest BCUT2D eigenvalue weighted by molar-refractivity contribution is 5.64. The molecule has 3 aromatic rings. The zero-order chi connectivity index (χ0) is 22.7. The molecule has 3 rings (SSSR count). The van der Waals surface area contributed by atoms with Crippen LogP contribution in [0.5, 0.6) is 11.5 Å². The van der Waals surface area contributed by atoms with E-state index in [4.69, 9.17) is 14.5 Å². The van der Waals surface area contributed by atoms with E-state index < -0.39 is 0 Å². The second kappa shape index (κ2) is 9.25. The Morgan fingerprint density at radius 1 is 0.839 bits per heavy atom. The van der Waals surface area contributed by atoms with Crippen molar-refractivity contribution in [2.45, 2.75) is 47.7 Å². The number of aromatic nitrogens is 2. The molecule has 0 amide bonds. The van der Waals surface area contributed by atoms with Gasteiger partial charge in [-0.25, -0.2) is 9.79 Å². The average molecular weight is 422 g/mol. The molecule has 0 saturated carbocycles. The molecule has 2 aromatic carbocycles. The lowest BCUT2D eigenvalue weighted by Crippen LogP contribution is -2.40. The Balaban J connectivity index is 2.36. The van der Waals surface area contributed by atoms with Gasteiger partial charge in [0.05, 0.1) is 25.6 Å². The Hall–Kier alpha value is -3.28. The fourth-order valence-electron chi connectivity index (χ4n) is 4.02. The van der Waals surface area contributed by atoms with Gasteiger partial charge >= 0.3 is 5.69 Å². The van der Waals surface area contributed by atoms with Gasteiger partial charge in [0.25, 0.3) is 0 Å². The lowest BCUT2D eigenvalue weighted by atomic mass is 10.1. The number of rotatable bonds is 6. The lowest BCUT2D eigenvalue weighted by Gasteiger charge is -2.17. The van der Waals surface area contributed by atoms with E-state index in [2.05, 4.69) is 32.9 Å². The van der Waals surface area contributed by atoms with Crippen LogP contribution in [0.2, 0.25) is 0 Å². The van der Waals surface area contributed by atoms with Gasteiger partial charge in [0.1, 0.15) is 5.49 Å². The van der Waals surface area contributed by atoms with Crippen LogP contribution in [0.3, 0.4) is 0 Å². The fourth-order valence-corrected chi connectivity index (χ4v) is 4.02. The van der Waals surface area contributed by atoms with Gasteiger partial charge in [-0.3, -0.25) is 9.13 Å². The van der Waals surface area contributed by atoms with Crippen molar-refractivity contribution < 1.29 is 9.47 Å². The van der Waals surface area contributed by atoms with Crippen molar-refractivity contribution in [2.75, 3.05) is 14.2 Å². The molecule has 0 N–H and O–H groups in total. The first-order valence-corrected chi connectivity index (χ1v) is 10.5. The first-order chi connectivity index (χ1) is 14.8. The molecule has 0 radical (unpaired) electrons. The van der Waals surface area contributed by atoms with Crippen LogP contribution < -0.4 is 20.7 Å². The smallest absolute Gasteiger partial charge is 0.330 e.